The van der Waals surface area contributed by atoms with Crippen molar-refractivity contribution < 1.29 is 18.7 Å². The Hall–Kier alpha value is -3.45. The van der Waals surface area contributed by atoms with E-state index in [1.54, 1.807) is 26.4 Å². The molecule has 7 heteroatoms. The van der Waals surface area contributed by atoms with Crippen LogP contribution >= 0.6 is 0 Å². The normalized spacial score (nSPS) is 11.5. The zero-order chi connectivity index (χ0) is 24.3. The molecule has 0 aliphatic carbocycles. The summed E-state index contributed by atoms with van der Waals surface area (Å²) in [6, 6.07) is 12.4. The molecular weight excluding hydrogens is 433 g/mol. The molecular formula is C27H32FN3O3. The lowest BCUT2D eigenvalue weighted by Crippen LogP contribution is -2.15. The Balaban J connectivity index is 1.62. The lowest BCUT2D eigenvalue weighted by Gasteiger charge is -2.11. The zero-order valence-electron chi connectivity index (χ0n) is 20.0. The summed E-state index contributed by atoms with van der Waals surface area (Å²) in [5.41, 5.74) is 4.20. The van der Waals surface area contributed by atoms with E-state index < -0.39 is 0 Å². The van der Waals surface area contributed by atoms with Crippen LogP contribution in [0.3, 0.4) is 0 Å². The number of aromatic nitrogens is 2. The summed E-state index contributed by atoms with van der Waals surface area (Å²) >= 11 is 0. The van der Waals surface area contributed by atoms with Crippen molar-refractivity contribution in [3.63, 3.8) is 0 Å². The Morgan fingerprint density at radius 1 is 1.21 bits per heavy atom. The molecule has 6 nitrogen and oxygen atoms in total. The molecule has 1 heterocycles. The van der Waals surface area contributed by atoms with Crippen molar-refractivity contribution in [3.8, 4) is 11.4 Å². The highest BCUT2D eigenvalue weighted by Crippen LogP contribution is 2.26. The van der Waals surface area contributed by atoms with E-state index >= 15 is 0 Å². The molecule has 0 bridgehead atoms. The maximum Gasteiger partial charge on any atom is 0.334 e. The van der Waals surface area contributed by atoms with Gasteiger partial charge in [0.2, 0.25) is 0 Å². The van der Waals surface area contributed by atoms with Crippen molar-refractivity contribution >= 4 is 12.0 Å². The van der Waals surface area contributed by atoms with Crippen LogP contribution in [0.4, 0.5) is 4.39 Å². The van der Waals surface area contributed by atoms with Crippen LogP contribution in [-0.4, -0.2) is 35.8 Å². The van der Waals surface area contributed by atoms with E-state index in [9.17, 15) is 9.18 Å². The molecule has 180 valence electrons. The first-order valence-electron chi connectivity index (χ1n) is 11.5. The summed E-state index contributed by atoms with van der Waals surface area (Å²) in [5.74, 6) is 0.160. The highest BCUT2D eigenvalue weighted by molar-refractivity contribution is 5.93. The molecule has 34 heavy (non-hydrogen) atoms. The van der Waals surface area contributed by atoms with Crippen molar-refractivity contribution in [2.75, 3.05) is 20.3 Å². The lowest BCUT2D eigenvalue weighted by molar-refractivity contribution is -0.138. The Bertz CT molecular complexity index is 1120. The summed E-state index contributed by atoms with van der Waals surface area (Å²) in [6.07, 6.45) is 7.85. The van der Waals surface area contributed by atoms with E-state index in [0.29, 0.717) is 30.9 Å². The van der Waals surface area contributed by atoms with E-state index in [0.717, 1.165) is 41.9 Å². The molecule has 3 rings (SSSR count). The maximum absolute atomic E-state index is 13.3. The second-order valence-electron chi connectivity index (χ2n) is 8.01. The van der Waals surface area contributed by atoms with Gasteiger partial charge in [0.1, 0.15) is 11.6 Å². The number of nitrogens with one attached hydrogen (secondary N) is 1. The van der Waals surface area contributed by atoms with Crippen LogP contribution in [0.5, 0.6) is 5.75 Å². The number of carbonyl (C=O) groups excluding carboxylic acids is 1. The smallest absolute Gasteiger partial charge is 0.334 e. The van der Waals surface area contributed by atoms with Crippen LogP contribution in [0.15, 0.2) is 60.6 Å². The summed E-state index contributed by atoms with van der Waals surface area (Å²) in [4.78, 5) is 16.8. The summed E-state index contributed by atoms with van der Waals surface area (Å²) < 4.78 is 26.0. The molecule has 0 aliphatic heterocycles. The number of rotatable bonds is 12. The standard InChI is InChI=1S/C27H32FN3O3/c1-4-34-27(32)23(9-5-6-13-29-17-22-8-7-10-24(28)15-22)14-21-11-12-25(26(16-21)33-3)31-18-20(2)30-19-31/h7-8,10-12,14-16,18-19,29H,4-6,9,13,17H2,1-3H3. The Morgan fingerprint density at radius 2 is 2.06 bits per heavy atom. The van der Waals surface area contributed by atoms with Crippen molar-refractivity contribution in [1.29, 1.82) is 0 Å². The third-order valence-corrected chi connectivity index (χ3v) is 5.34. The van der Waals surface area contributed by atoms with Gasteiger partial charge < -0.3 is 19.4 Å². The first kappa shape index (κ1) is 25.2. The number of nitrogens with zero attached hydrogens (tertiary/aromatic N) is 2. The van der Waals surface area contributed by atoms with Gasteiger partial charge in [-0.1, -0.05) is 18.2 Å². The second-order valence-corrected chi connectivity index (χ2v) is 8.01. The molecule has 0 saturated heterocycles. The fraction of sp³-hybridized carbons (Fsp3) is 0.333. The van der Waals surface area contributed by atoms with Gasteiger partial charge in [0, 0.05) is 18.3 Å². The quantitative estimate of drug-likeness (QED) is 0.225. The minimum atomic E-state index is -0.302. The third kappa shape index (κ3) is 7.28. The Morgan fingerprint density at radius 3 is 2.76 bits per heavy atom. The molecule has 3 aromatic rings. The molecule has 0 spiro atoms. The molecule has 0 atom stereocenters. The fourth-order valence-corrected chi connectivity index (χ4v) is 3.65. The number of aryl methyl sites for hydroxylation is 1. The van der Waals surface area contributed by atoms with E-state index in [4.69, 9.17) is 9.47 Å². The van der Waals surface area contributed by atoms with Gasteiger partial charge in [-0.2, -0.15) is 0 Å². The average molecular weight is 466 g/mol. The number of unbranched alkanes of at least 4 members (excludes halogenated alkanes) is 1. The number of benzene rings is 2. The molecule has 0 fully saturated rings. The van der Waals surface area contributed by atoms with Gasteiger partial charge >= 0.3 is 5.97 Å². The predicted octanol–water partition coefficient (Wildman–Crippen LogP) is 5.24. The van der Waals surface area contributed by atoms with Crippen LogP contribution in [0.1, 0.15) is 43.0 Å². The number of halogens is 1. The topological polar surface area (TPSA) is 65.4 Å². The van der Waals surface area contributed by atoms with Crippen LogP contribution in [0, 0.1) is 12.7 Å². The SMILES string of the molecule is CCOC(=O)C(=Cc1ccc(-n2cnc(C)c2)c(OC)c1)CCCCNCc1cccc(F)c1. The lowest BCUT2D eigenvalue weighted by atomic mass is 10.0. The van der Waals surface area contributed by atoms with E-state index in [1.807, 2.05) is 48.0 Å². The van der Waals surface area contributed by atoms with Crippen LogP contribution in [0.2, 0.25) is 0 Å². The summed E-state index contributed by atoms with van der Waals surface area (Å²) in [7, 11) is 1.62. The van der Waals surface area contributed by atoms with E-state index in [2.05, 4.69) is 10.3 Å². The Labute approximate surface area is 200 Å². The summed E-state index contributed by atoms with van der Waals surface area (Å²) in [6.45, 7) is 5.45. The average Bonchev–Trinajstić information content (AvgIpc) is 3.26. The number of hydrogen-bond acceptors (Lipinski definition) is 5. The minimum absolute atomic E-state index is 0.228. The number of methoxy groups -OCH3 is 1. The predicted molar refractivity (Wildman–Crippen MR) is 131 cm³/mol. The maximum atomic E-state index is 13.3. The molecule has 0 amide bonds. The van der Waals surface area contributed by atoms with Crippen LogP contribution in [0.25, 0.3) is 11.8 Å². The molecule has 2 aromatic carbocycles. The van der Waals surface area contributed by atoms with Crippen molar-refractivity contribution in [1.82, 2.24) is 14.9 Å². The summed E-state index contributed by atoms with van der Waals surface area (Å²) in [5, 5.41) is 3.32. The van der Waals surface area contributed by atoms with Gasteiger partial charge in [-0.05, 0) is 81.1 Å². The van der Waals surface area contributed by atoms with Gasteiger partial charge in [0.05, 0.1) is 31.4 Å². The van der Waals surface area contributed by atoms with E-state index in [-0.39, 0.29) is 11.8 Å². The number of esters is 1. The fourth-order valence-electron chi connectivity index (χ4n) is 3.65. The van der Waals surface area contributed by atoms with Crippen molar-refractivity contribution in [2.24, 2.45) is 0 Å². The first-order valence-corrected chi connectivity index (χ1v) is 11.5. The number of carbonyl (C=O) groups is 1. The monoisotopic (exact) mass is 465 g/mol. The van der Waals surface area contributed by atoms with Crippen molar-refractivity contribution in [2.45, 2.75) is 39.7 Å². The molecule has 0 unspecified atom stereocenters. The highest BCUT2D eigenvalue weighted by atomic mass is 19.1. The number of imidazole rings is 1. The number of ether oxygens (including phenoxy) is 2. The second kappa shape index (κ2) is 12.7. The van der Waals surface area contributed by atoms with Crippen LogP contribution < -0.4 is 10.1 Å². The number of hydrogen-bond donors (Lipinski definition) is 1. The Kier molecular flexibility index (Phi) is 9.40. The third-order valence-electron chi connectivity index (χ3n) is 5.34. The van der Waals surface area contributed by atoms with Gasteiger partial charge in [-0.25, -0.2) is 14.2 Å². The van der Waals surface area contributed by atoms with Gasteiger partial charge in [0.15, 0.2) is 0 Å². The van der Waals surface area contributed by atoms with Crippen molar-refractivity contribution in [3.05, 3.63) is 83.2 Å². The van der Waals surface area contributed by atoms with Gasteiger partial charge in [-0.3, -0.25) is 0 Å². The molecule has 0 radical (unpaired) electrons. The zero-order valence-corrected chi connectivity index (χ0v) is 20.0. The van der Waals surface area contributed by atoms with Crippen LogP contribution in [-0.2, 0) is 16.1 Å². The highest BCUT2D eigenvalue weighted by Gasteiger charge is 2.12. The largest absolute Gasteiger partial charge is 0.495 e. The van der Waals surface area contributed by atoms with Gasteiger partial charge in [-0.15, -0.1) is 0 Å². The molecule has 0 aliphatic rings. The molecule has 0 saturated carbocycles. The molecule has 1 aromatic heterocycles. The molecule has 1 N–H and O–H groups in total. The minimum Gasteiger partial charge on any atom is -0.495 e. The van der Waals surface area contributed by atoms with E-state index in [1.165, 1.54) is 12.1 Å². The first-order chi connectivity index (χ1) is 16.5. The van der Waals surface area contributed by atoms with Gasteiger partial charge in [0.25, 0.3) is 0 Å².